The van der Waals surface area contributed by atoms with Gasteiger partial charge in [-0.3, -0.25) is 0 Å². The zero-order valence-electron chi connectivity index (χ0n) is 6.61. The molecule has 0 aromatic carbocycles. The van der Waals surface area contributed by atoms with Crippen molar-refractivity contribution in [1.29, 1.82) is 0 Å². The van der Waals surface area contributed by atoms with Crippen LogP contribution in [-0.4, -0.2) is 57.7 Å². The van der Waals surface area contributed by atoms with Crippen molar-refractivity contribution in [3.8, 4) is 0 Å². The molecule has 1 rings (SSSR count). The number of rotatable bonds is 2. The second-order valence-corrected chi connectivity index (χ2v) is 2.82. The number of hydrogen-bond donors (Lipinski definition) is 4. The van der Waals surface area contributed by atoms with Gasteiger partial charge < -0.3 is 35.3 Å². The van der Waals surface area contributed by atoms with Crippen LogP contribution in [0.3, 0.4) is 0 Å². The summed E-state index contributed by atoms with van der Waals surface area (Å²) in [5, 5.41) is 46.0. The smallest absolute Gasteiger partial charge is 0.184 e. The van der Waals surface area contributed by atoms with Gasteiger partial charge in [0, 0.05) is 0 Å². The van der Waals surface area contributed by atoms with Gasteiger partial charge in [-0.1, -0.05) is 0 Å². The highest BCUT2D eigenvalue weighted by molar-refractivity contribution is 4.88. The Morgan fingerprint density at radius 2 is 1.69 bits per heavy atom. The molecule has 2 unspecified atom stereocenters. The molecule has 4 N–H and O–H groups in total. The first kappa shape index (κ1) is 10.8. The van der Waals surface area contributed by atoms with E-state index in [2.05, 4.69) is 9.62 Å². The highest BCUT2D eigenvalue weighted by Gasteiger charge is 2.42. The Bertz CT molecular complexity index is 163. The third kappa shape index (κ3) is 2.15. The molecule has 0 aliphatic carbocycles. The largest absolute Gasteiger partial charge is 0.723 e. The SMILES string of the molecule is [O-]OCC1O[C@@H](O)C(O)[C@@H](O)[C@@H]1O. The summed E-state index contributed by atoms with van der Waals surface area (Å²) in [6, 6.07) is 0. The third-order valence-corrected chi connectivity index (χ3v) is 1.92. The Hall–Kier alpha value is -0.280. The number of aliphatic hydroxyl groups excluding tert-OH is 4. The maximum atomic E-state index is 9.72. The minimum Gasteiger partial charge on any atom is -0.723 e. The zero-order chi connectivity index (χ0) is 10.0. The summed E-state index contributed by atoms with van der Waals surface area (Å²) in [6.07, 6.45) is -7.35. The lowest BCUT2D eigenvalue weighted by Crippen LogP contribution is -2.58. The molecule has 0 radical (unpaired) electrons. The van der Waals surface area contributed by atoms with E-state index in [0.29, 0.717) is 0 Å². The van der Waals surface area contributed by atoms with Crippen molar-refractivity contribution in [3.05, 3.63) is 0 Å². The van der Waals surface area contributed by atoms with Gasteiger partial charge in [0.25, 0.3) is 0 Å². The summed E-state index contributed by atoms with van der Waals surface area (Å²) in [4.78, 5) is 3.44. The monoisotopic (exact) mass is 195 g/mol. The maximum absolute atomic E-state index is 9.72. The summed E-state index contributed by atoms with van der Waals surface area (Å²) in [7, 11) is 0. The van der Waals surface area contributed by atoms with Crippen molar-refractivity contribution in [2.24, 2.45) is 0 Å². The topological polar surface area (TPSA) is 122 Å². The van der Waals surface area contributed by atoms with Crippen LogP contribution in [0.1, 0.15) is 0 Å². The van der Waals surface area contributed by atoms with Gasteiger partial charge in [-0.05, 0) is 0 Å². The first-order chi connectivity index (χ1) is 6.07. The molecule has 5 atom stereocenters. The van der Waals surface area contributed by atoms with E-state index < -0.39 is 37.3 Å². The second-order valence-electron chi connectivity index (χ2n) is 2.82. The minimum atomic E-state index is -1.63. The molecule has 13 heavy (non-hydrogen) atoms. The van der Waals surface area contributed by atoms with Crippen LogP contribution in [0.25, 0.3) is 0 Å². The Kier molecular flexibility index (Phi) is 3.56. The summed E-state index contributed by atoms with van der Waals surface area (Å²) in [6.45, 7) is -0.512. The fourth-order valence-electron chi connectivity index (χ4n) is 1.14. The molecule has 1 saturated heterocycles. The highest BCUT2D eigenvalue weighted by Crippen LogP contribution is 2.19. The van der Waals surface area contributed by atoms with Crippen molar-refractivity contribution < 1.29 is 35.3 Å². The Balaban J connectivity index is 2.59. The normalized spacial score (nSPS) is 46.4. The standard InChI is InChI=1S/C6H12O7/c7-3-2(1-12-11)13-6(10)5(9)4(3)8/h2-11H,1H2/p-1/t2?,3-,4+,5?,6-/m1/s1. The van der Waals surface area contributed by atoms with Crippen molar-refractivity contribution in [1.82, 2.24) is 0 Å². The van der Waals surface area contributed by atoms with Gasteiger partial charge in [-0.2, -0.15) is 0 Å². The van der Waals surface area contributed by atoms with Gasteiger partial charge in [0.1, 0.15) is 24.4 Å². The lowest BCUT2D eigenvalue weighted by atomic mass is 9.99. The van der Waals surface area contributed by atoms with Crippen LogP contribution in [0.5, 0.6) is 0 Å². The van der Waals surface area contributed by atoms with Gasteiger partial charge in [0.15, 0.2) is 6.29 Å². The molecule has 7 nitrogen and oxygen atoms in total. The van der Waals surface area contributed by atoms with Crippen LogP contribution in [0.2, 0.25) is 0 Å². The molecule has 1 fully saturated rings. The molecule has 0 amide bonds. The summed E-state index contributed by atoms with van der Waals surface area (Å²) < 4.78 is 4.59. The van der Waals surface area contributed by atoms with Gasteiger partial charge in [-0.25, -0.2) is 0 Å². The predicted octanol–water partition coefficient (Wildman–Crippen LogP) is -3.92. The van der Waals surface area contributed by atoms with Crippen LogP contribution < -0.4 is 5.26 Å². The van der Waals surface area contributed by atoms with E-state index in [-0.39, 0.29) is 0 Å². The molecule has 0 aromatic heterocycles. The molecule has 1 aliphatic rings. The number of hydrogen-bond acceptors (Lipinski definition) is 7. The van der Waals surface area contributed by atoms with E-state index in [1.165, 1.54) is 0 Å². The number of ether oxygens (including phenoxy) is 1. The highest BCUT2D eigenvalue weighted by atomic mass is 17.1. The summed E-state index contributed by atoms with van der Waals surface area (Å²) in [5.41, 5.74) is 0. The van der Waals surface area contributed by atoms with Gasteiger partial charge >= 0.3 is 0 Å². The van der Waals surface area contributed by atoms with Gasteiger partial charge in [0.2, 0.25) is 0 Å². The van der Waals surface area contributed by atoms with E-state index in [0.717, 1.165) is 0 Å². The minimum absolute atomic E-state index is 0.512. The van der Waals surface area contributed by atoms with E-state index in [1.54, 1.807) is 0 Å². The molecule has 7 heteroatoms. The van der Waals surface area contributed by atoms with Crippen LogP contribution >= 0.6 is 0 Å². The first-order valence-electron chi connectivity index (χ1n) is 3.70. The molecule has 78 valence electrons. The second kappa shape index (κ2) is 4.29. The lowest BCUT2D eigenvalue weighted by molar-refractivity contribution is -0.692. The van der Waals surface area contributed by atoms with E-state index >= 15 is 0 Å². The van der Waals surface area contributed by atoms with Crippen LogP contribution in [0, 0.1) is 0 Å². The average molecular weight is 195 g/mol. The summed E-state index contributed by atoms with van der Waals surface area (Å²) >= 11 is 0. The lowest BCUT2D eigenvalue weighted by Gasteiger charge is -2.38. The average Bonchev–Trinajstić information content (AvgIpc) is 2.11. The first-order valence-corrected chi connectivity index (χ1v) is 3.70. The zero-order valence-corrected chi connectivity index (χ0v) is 6.61. The Morgan fingerprint density at radius 1 is 1.08 bits per heavy atom. The fourth-order valence-corrected chi connectivity index (χ4v) is 1.14. The van der Waals surface area contributed by atoms with E-state index in [9.17, 15) is 10.4 Å². The quantitative estimate of drug-likeness (QED) is 0.262. The summed E-state index contributed by atoms with van der Waals surface area (Å²) in [5.74, 6) is 0. The fraction of sp³-hybridized carbons (Fsp3) is 1.00. The van der Waals surface area contributed by atoms with Crippen molar-refractivity contribution in [2.75, 3.05) is 6.61 Å². The molecule has 0 spiro atoms. The number of aliphatic hydroxyl groups is 4. The van der Waals surface area contributed by atoms with Crippen LogP contribution in [0.15, 0.2) is 0 Å². The molecular formula is C6H11O7-. The van der Waals surface area contributed by atoms with Crippen molar-refractivity contribution in [2.45, 2.75) is 30.7 Å². The Labute approximate surface area is 73.7 Å². The predicted molar refractivity (Wildman–Crippen MR) is 34.9 cm³/mol. The maximum Gasteiger partial charge on any atom is 0.184 e. The van der Waals surface area contributed by atoms with Crippen LogP contribution in [-0.2, 0) is 9.62 Å². The van der Waals surface area contributed by atoms with Crippen molar-refractivity contribution in [3.63, 3.8) is 0 Å². The molecule has 1 heterocycles. The van der Waals surface area contributed by atoms with Crippen LogP contribution in [0.4, 0.5) is 0 Å². The van der Waals surface area contributed by atoms with Gasteiger partial charge in [0.05, 0.1) is 6.61 Å². The van der Waals surface area contributed by atoms with Crippen molar-refractivity contribution >= 4 is 0 Å². The van der Waals surface area contributed by atoms with Gasteiger partial charge in [-0.15, -0.1) is 0 Å². The molecular weight excluding hydrogens is 184 g/mol. The third-order valence-electron chi connectivity index (χ3n) is 1.92. The Morgan fingerprint density at radius 3 is 2.23 bits per heavy atom. The molecule has 0 aromatic rings. The molecule has 0 saturated carbocycles. The van der Waals surface area contributed by atoms with E-state index in [4.69, 9.17) is 15.3 Å². The molecule has 0 bridgehead atoms. The van der Waals surface area contributed by atoms with E-state index in [1.807, 2.05) is 0 Å². The molecule has 1 aliphatic heterocycles.